The highest BCUT2D eigenvalue weighted by Crippen LogP contribution is 2.19. The largest absolute Gasteiger partial charge is 0.467 e. The molecule has 0 aliphatic carbocycles. The molecule has 0 aliphatic rings. The summed E-state index contributed by atoms with van der Waals surface area (Å²) in [5.41, 5.74) is 3.23. The third-order valence-corrected chi connectivity index (χ3v) is 3.92. The fourth-order valence-corrected chi connectivity index (χ4v) is 2.66. The van der Waals surface area contributed by atoms with E-state index in [2.05, 4.69) is 17.4 Å². The summed E-state index contributed by atoms with van der Waals surface area (Å²) in [6.07, 6.45) is 0.798. The summed E-state index contributed by atoms with van der Waals surface area (Å²) in [7, 11) is 1.34. The number of hydrogen-bond donors (Lipinski definition) is 1. The Morgan fingerprint density at radius 1 is 0.960 bits per heavy atom. The van der Waals surface area contributed by atoms with Crippen LogP contribution in [0.4, 0.5) is 0 Å². The molecule has 0 saturated heterocycles. The molecule has 0 unspecified atom stereocenters. The van der Waals surface area contributed by atoms with E-state index in [1.165, 1.54) is 7.11 Å². The standard InChI is InChI=1S/C21H25NO3/c1-15(2)13-20(23)22-19(21(24)25-3)14-16-9-11-18(12-10-16)17-7-5-4-6-8-17/h4-12,15,19H,13-14H2,1-3H3,(H,22,23)/t19-/m1/s1. The summed E-state index contributed by atoms with van der Waals surface area (Å²) in [6.45, 7) is 3.93. The quantitative estimate of drug-likeness (QED) is 0.784. The lowest BCUT2D eigenvalue weighted by Crippen LogP contribution is -2.43. The predicted octanol–water partition coefficient (Wildman–Crippen LogP) is 3.60. The fourth-order valence-electron chi connectivity index (χ4n) is 2.66. The van der Waals surface area contributed by atoms with E-state index in [-0.39, 0.29) is 11.8 Å². The number of hydrogen-bond acceptors (Lipinski definition) is 3. The molecule has 0 radical (unpaired) electrons. The molecular formula is C21H25NO3. The maximum absolute atomic E-state index is 12.0. The van der Waals surface area contributed by atoms with E-state index >= 15 is 0 Å². The fraction of sp³-hybridized carbons (Fsp3) is 0.333. The van der Waals surface area contributed by atoms with Crippen LogP contribution in [0.3, 0.4) is 0 Å². The Kier molecular flexibility index (Phi) is 6.75. The van der Waals surface area contributed by atoms with E-state index in [1.54, 1.807) is 0 Å². The van der Waals surface area contributed by atoms with Gasteiger partial charge in [-0.2, -0.15) is 0 Å². The molecule has 1 atom stereocenters. The lowest BCUT2D eigenvalue weighted by Gasteiger charge is -2.17. The number of methoxy groups -OCH3 is 1. The first kappa shape index (κ1) is 18.7. The molecule has 0 spiro atoms. The van der Waals surface area contributed by atoms with Crippen LogP contribution in [0.15, 0.2) is 54.6 Å². The van der Waals surface area contributed by atoms with E-state index < -0.39 is 12.0 Å². The number of carbonyl (C=O) groups is 2. The number of esters is 1. The van der Waals surface area contributed by atoms with Crippen LogP contribution in [0.25, 0.3) is 11.1 Å². The molecule has 0 bridgehead atoms. The highest BCUT2D eigenvalue weighted by molar-refractivity contribution is 5.84. The minimum Gasteiger partial charge on any atom is -0.467 e. The number of carbonyl (C=O) groups excluding carboxylic acids is 2. The van der Waals surface area contributed by atoms with Gasteiger partial charge in [-0.15, -0.1) is 0 Å². The number of rotatable bonds is 7. The van der Waals surface area contributed by atoms with Crippen molar-refractivity contribution in [2.75, 3.05) is 7.11 Å². The van der Waals surface area contributed by atoms with Gasteiger partial charge in [0.1, 0.15) is 6.04 Å². The second-order valence-corrected chi connectivity index (χ2v) is 6.51. The molecule has 0 saturated carbocycles. The minimum absolute atomic E-state index is 0.133. The number of ether oxygens (including phenoxy) is 1. The second-order valence-electron chi connectivity index (χ2n) is 6.51. The molecule has 2 aromatic carbocycles. The summed E-state index contributed by atoms with van der Waals surface area (Å²) in [4.78, 5) is 24.0. The lowest BCUT2D eigenvalue weighted by atomic mass is 10.0. The number of nitrogens with one attached hydrogen (secondary N) is 1. The van der Waals surface area contributed by atoms with Crippen molar-refractivity contribution in [1.82, 2.24) is 5.32 Å². The third kappa shape index (κ3) is 5.75. The number of amides is 1. The zero-order valence-electron chi connectivity index (χ0n) is 15.0. The summed E-state index contributed by atoms with van der Waals surface area (Å²) in [5, 5.41) is 2.78. The Morgan fingerprint density at radius 2 is 1.56 bits per heavy atom. The van der Waals surface area contributed by atoms with Crippen LogP contribution in [0.1, 0.15) is 25.8 Å². The van der Waals surface area contributed by atoms with Gasteiger partial charge >= 0.3 is 5.97 Å². The average Bonchev–Trinajstić information content (AvgIpc) is 2.61. The molecule has 4 heteroatoms. The molecule has 1 amide bonds. The van der Waals surface area contributed by atoms with Gasteiger partial charge in [-0.1, -0.05) is 68.4 Å². The Labute approximate surface area is 149 Å². The summed E-state index contributed by atoms with van der Waals surface area (Å²) in [5.74, 6) is -0.320. The zero-order valence-corrected chi connectivity index (χ0v) is 15.0. The van der Waals surface area contributed by atoms with Crippen LogP contribution in [0, 0.1) is 5.92 Å². The molecule has 0 fully saturated rings. The first-order valence-corrected chi connectivity index (χ1v) is 8.51. The highest BCUT2D eigenvalue weighted by Gasteiger charge is 2.22. The zero-order chi connectivity index (χ0) is 18.2. The Hall–Kier alpha value is -2.62. The van der Waals surface area contributed by atoms with Crippen molar-refractivity contribution in [3.05, 3.63) is 60.2 Å². The van der Waals surface area contributed by atoms with E-state index in [1.807, 2.05) is 56.3 Å². The molecule has 4 nitrogen and oxygen atoms in total. The Balaban J connectivity index is 2.07. The number of benzene rings is 2. The van der Waals surface area contributed by atoms with Crippen LogP contribution in [0.5, 0.6) is 0 Å². The first-order chi connectivity index (χ1) is 12.0. The van der Waals surface area contributed by atoms with Crippen LogP contribution in [-0.4, -0.2) is 25.0 Å². The SMILES string of the molecule is COC(=O)[C@@H](Cc1ccc(-c2ccccc2)cc1)NC(=O)CC(C)C. The molecule has 2 rings (SSSR count). The topological polar surface area (TPSA) is 55.4 Å². The smallest absolute Gasteiger partial charge is 0.328 e. The van der Waals surface area contributed by atoms with Crippen molar-refractivity contribution in [3.8, 4) is 11.1 Å². The summed E-state index contributed by atoms with van der Waals surface area (Å²) in [6, 6.07) is 17.4. The third-order valence-electron chi connectivity index (χ3n) is 3.92. The maximum atomic E-state index is 12.0. The van der Waals surface area contributed by atoms with Gasteiger partial charge in [0.05, 0.1) is 7.11 Å². The first-order valence-electron chi connectivity index (χ1n) is 8.51. The summed E-state index contributed by atoms with van der Waals surface area (Å²) >= 11 is 0. The molecular weight excluding hydrogens is 314 g/mol. The van der Waals surface area contributed by atoms with Gasteiger partial charge in [0.25, 0.3) is 0 Å². The van der Waals surface area contributed by atoms with Crippen molar-refractivity contribution in [2.45, 2.75) is 32.7 Å². The van der Waals surface area contributed by atoms with Crippen LogP contribution in [-0.2, 0) is 20.7 Å². The van der Waals surface area contributed by atoms with Crippen molar-refractivity contribution in [1.29, 1.82) is 0 Å². The normalized spacial score (nSPS) is 11.8. The van der Waals surface area contributed by atoms with E-state index in [4.69, 9.17) is 4.74 Å². The van der Waals surface area contributed by atoms with Crippen LogP contribution in [0.2, 0.25) is 0 Å². The molecule has 2 aromatic rings. The molecule has 0 aromatic heterocycles. The lowest BCUT2D eigenvalue weighted by molar-refractivity contribution is -0.145. The van der Waals surface area contributed by atoms with Crippen molar-refractivity contribution in [2.24, 2.45) is 5.92 Å². The molecule has 25 heavy (non-hydrogen) atoms. The molecule has 1 N–H and O–H groups in total. The van der Waals surface area contributed by atoms with Gasteiger partial charge in [0, 0.05) is 12.8 Å². The van der Waals surface area contributed by atoms with Crippen molar-refractivity contribution in [3.63, 3.8) is 0 Å². The van der Waals surface area contributed by atoms with Gasteiger partial charge in [0.15, 0.2) is 0 Å². The minimum atomic E-state index is -0.668. The Bertz CT molecular complexity index is 693. The molecule has 0 heterocycles. The van der Waals surface area contributed by atoms with Crippen molar-refractivity contribution >= 4 is 11.9 Å². The van der Waals surface area contributed by atoms with Gasteiger partial charge in [-0.05, 0) is 22.6 Å². The average molecular weight is 339 g/mol. The van der Waals surface area contributed by atoms with E-state index in [9.17, 15) is 9.59 Å². The predicted molar refractivity (Wildman–Crippen MR) is 99.0 cm³/mol. The van der Waals surface area contributed by atoms with Gasteiger partial charge in [-0.25, -0.2) is 4.79 Å². The van der Waals surface area contributed by atoms with E-state index in [0.717, 1.165) is 16.7 Å². The van der Waals surface area contributed by atoms with Gasteiger partial charge in [-0.3, -0.25) is 4.79 Å². The summed E-state index contributed by atoms with van der Waals surface area (Å²) < 4.78 is 4.83. The highest BCUT2D eigenvalue weighted by atomic mass is 16.5. The van der Waals surface area contributed by atoms with Crippen LogP contribution >= 0.6 is 0 Å². The van der Waals surface area contributed by atoms with Crippen molar-refractivity contribution < 1.29 is 14.3 Å². The second kappa shape index (κ2) is 9.02. The van der Waals surface area contributed by atoms with E-state index in [0.29, 0.717) is 12.8 Å². The van der Waals surface area contributed by atoms with Gasteiger partial charge < -0.3 is 10.1 Å². The maximum Gasteiger partial charge on any atom is 0.328 e. The van der Waals surface area contributed by atoms with Gasteiger partial charge in [0.2, 0.25) is 5.91 Å². The molecule has 132 valence electrons. The Morgan fingerprint density at radius 3 is 2.12 bits per heavy atom. The van der Waals surface area contributed by atoms with Crippen LogP contribution < -0.4 is 5.32 Å². The monoisotopic (exact) mass is 339 g/mol. The molecule has 0 aliphatic heterocycles.